The topological polar surface area (TPSA) is 70.1 Å². The van der Waals surface area contributed by atoms with Crippen LogP contribution in [0.4, 0.5) is 4.79 Å². The van der Waals surface area contributed by atoms with Crippen LogP contribution >= 0.6 is 0 Å². The molecule has 6 heteroatoms. The number of ether oxygens (including phenoxy) is 1. The van der Waals surface area contributed by atoms with E-state index < -0.39 is 12.0 Å². The van der Waals surface area contributed by atoms with E-state index in [2.05, 4.69) is 0 Å². The lowest BCUT2D eigenvalue weighted by Crippen LogP contribution is -2.51. The molecule has 0 spiro atoms. The third-order valence-corrected chi connectivity index (χ3v) is 4.49. The van der Waals surface area contributed by atoms with Crippen LogP contribution in [-0.4, -0.2) is 53.1 Å². The number of rotatable bonds is 5. The molecule has 1 fully saturated rings. The Morgan fingerprint density at radius 1 is 0.923 bits per heavy atom. The van der Waals surface area contributed by atoms with Crippen molar-refractivity contribution in [3.05, 3.63) is 71.8 Å². The number of hydrogen-bond donors (Lipinski definition) is 1. The Hall–Kier alpha value is -2.86. The molecule has 1 aliphatic heterocycles. The van der Waals surface area contributed by atoms with Crippen LogP contribution < -0.4 is 0 Å². The molecule has 1 unspecified atom stereocenters. The van der Waals surface area contributed by atoms with Gasteiger partial charge < -0.3 is 14.7 Å². The monoisotopic (exact) mass is 354 g/mol. The molecule has 1 saturated heterocycles. The summed E-state index contributed by atoms with van der Waals surface area (Å²) in [6, 6.07) is 18.0. The quantitative estimate of drug-likeness (QED) is 0.894. The van der Waals surface area contributed by atoms with Crippen LogP contribution in [0.3, 0.4) is 0 Å². The van der Waals surface area contributed by atoms with Gasteiger partial charge in [-0.05, 0) is 11.1 Å². The summed E-state index contributed by atoms with van der Waals surface area (Å²) < 4.78 is 5.35. The Labute approximate surface area is 152 Å². The largest absolute Gasteiger partial charge is 0.480 e. The molecule has 1 atom stereocenters. The minimum atomic E-state index is -0.878. The number of benzene rings is 2. The molecule has 0 bridgehead atoms. The number of carboxylic acids is 1. The molecule has 0 aliphatic carbocycles. The fourth-order valence-electron chi connectivity index (χ4n) is 3.12. The van der Waals surface area contributed by atoms with Gasteiger partial charge in [-0.3, -0.25) is 9.69 Å². The average Bonchev–Trinajstić information content (AvgIpc) is 2.68. The fourth-order valence-corrected chi connectivity index (χ4v) is 3.12. The molecule has 1 aliphatic rings. The van der Waals surface area contributed by atoms with Crippen molar-refractivity contribution in [2.24, 2.45) is 0 Å². The van der Waals surface area contributed by atoms with Crippen LogP contribution in [0.25, 0.3) is 0 Å². The molecule has 0 saturated carbocycles. The molecule has 2 aromatic carbocycles. The number of carboxylic acid groups (broad SMARTS) is 1. The van der Waals surface area contributed by atoms with E-state index in [0.29, 0.717) is 26.2 Å². The normalized spacial score (nSPS) is 16.1. The van der Waals surface area contributed by atoms with Gasteiger partial charge in [0, 0.05) is 26.2 Å². The molecule has 6 nitrogen and oxygen atoms in total. The van der Waals surface area contributed by atoms with Gasteiger partial charge in [-0.2, -0.15) is 0 Å². The predicted octanol–water partition coefficient (Wildman–Crippen LogP) is 2.77. The van der Waals surface area contributed by atoms with Crippen LogP contribution in [0, 0.1) is 0 Å². The van der Waals surface area contributed by atoms with Crippen molar-refractivity contribution >= 4 is 12.1 Å². The highest BCUT2D eigenvalue weighted by atomic mass is 16.6. The van der Waals surface area contributed by atoms with Crippen LogP contribution in [0.5, 0.6) is 0 Å². The molecular weight excluding hydrogens is 332 g/mol. The minimum absolute atomic E-state index is 0.238. The second kappa shape index (κ2) is 8.49. The number of nitrogens with zero attached hydrogens (tertiary/aromatic N) is 2. The highest BCUT2D eigenvalue weighted by Gasteiger charge is 2.31. The minimum Gasteiger partial charge on any atom is -0.480 e. The number of amides is 1. The maximum absolute atomic E-state index is 12.2. The number of piperazine rings is 1. The lowest BCUT2D eigenvalue weighted by molar-refractivity contribution is -0.144. The molecule has 0 aromatic heterocycles. The molecule has 3 rings (SSSR count). The van der Waals surface area contributed by atoms with E-state index in [4.69, 9.17) is 4.74 Å². The first kappa shape index (κ1) is 17.9. The molecular formula is C20H22N2O4. The van der Waals surface area contributed by atoms with E-state index in [0.717, 1.165) is 11.1 Å². The van der Waals surface area contributed by atoms with Gasteiger partial charge in [0.2, 0.25) is 0 Å². The van der Waals surface area contributed by atoms with Gasteiger partial charge >= 0.3 is 12.1 Å². The smallest absolute Gasteiger partial charge is 0.410 e. The third-order valence-electron chi connectivity index (χ3n) is 4.49. The van der Waals surface area contributed by atoms with Crippen LogP contribution in [0.1, 0.15) is 17.2 Å². The van der Waals surface area contributed by atoms with Crippen LogP contribution in [0.15, 0.2) is 60.7 Å². The summed E-state index contributed by atoms with van der Waals surface area (Å²) in [5, 5.41) is 9.62. The second-order valence-corrected chi connectivity index (χ2v) is 6.21. The standard InChI is InChI=1S/C20H22N2O4/c23-19(24)18(17-9-5-2-6-10-17)21-11-13-22(14-12-21)20(25)26-15-16-7-3-1-4-8-16/h1-10,18H,11-15H2,(H,23,24). The van der Waals surface area contributed by atoms with Crippen molar-refractivity contribution in [1.29, 1.82) is 0 Å². The zero-order chi connectivity index (χ0) is 18.4. The Bertz CT molecular complexity index is 728. The second-order valence-electron chi connectivity index (χ2n) is 6.21. The van der Waals surface area contributed by atoms with Crippen molar-refractivity contribution < 1.29 is 19.4 Å². The summed E-state index contributed by atoms with van der Waals surface area (Å²) in [6.07, 6.45) is -0.361. The van der Waals surface area contributed by atoms with E-state index in [1.165, 1.54) is 0 Å². The van der Waals surface area contributed by atoms with Crippen LogP contribution in [0.2, 0.25) is 0 Å². The third kappa shape index (κ3) is 4.40. The predicted molar refractivity (Wildman–Crippen MR) is 96.6 cm³/mol. The Morgan fingerprint density at radius 3 is 2.08 bits per heavy atom. The van der Waals surface area contributed by atoms with Crippen molar-refractivity contribution in [1.82, 2.24) is 9.80 Å². The summed E-state index contributed by atoms with van der Waals surface area (Å²) in [6.45, 7) is 2.12. The van der Waals surface area contributed by atoms with E-state index in [1.807, 2.05) is 65.6 Å². The Kier molecular flexibility index (Phi) is 5.86. The van der Waals surface area contributed by atoms with Crippen molar-refractivity contribution in [2.45, 2.75) is 12.6 Å². The molecule has 136 valence electrons. The van der Waals surface area contributed by atoms with Gasteiger partial charge in [-0.1, -0.05) is 60.7 Å². The zero-order valence-corrected chi connectivity index (χ0v) is 14.5. The summed E-state index contributed by atoms with van der Waals surface area (Å²) in [5.41, 5.74) is 1.69. The summed E-state index contributed by atoms with van der Waals surface area (Å²) in [7, 11) is 0. The summed E-state index contributed by atoms with van der Waals surface area (Å²) in [4.78, 5) is 27.5. The van der Waals surface area contributed by atoms with Crippen molar-refractivity contribution in [3.8, 4) is 0 Å². The summed E-state index contributed by atoms with van der Waals surface area (Å²) >= 11 is 0. The van der Waals surface area contributed by atoms with Gasteiger partial charge in [-0.25, -0.2) is 4.79 Å². The number of aliphatic carboxylic acids is 1. The van der Waals surface area contributed by atoms with E-state index >= 15 is 0 Å². The molecule has 1 heterocycles. The SMILES string of the molecule is O=C(O)C(c1ccccc1)N1CCN(C(=O)OCc2ccccc2)CC1. The molecule has 2 aromatic rings. The molecule has 0 radical (unpaired) electrons. The number of carbonyl (C=O) groups is 2. The lowest BCUT2D eigenvalue weighted by Gasteiger charge is -2.37. The molecule has 26 heavy (non-hydrogen) atoms. The van der Waals surface area contributed by atoms with E-state index in [1.54, 1.807) is 4.90 Å². The van der Waals surface area contributed by atoms with E-state index in [-0.39, 0.29) is 12.7 Å². The maximum atomic E-state index is 12.2. The first-order valence-electron chi connectivity index (χ1n) is 8.62. The van der Waals surface area contributed by atoms with Gasteiger partial charge in [-0.15, -0.1) is 0 Å². The van der Waals surface area contributed by atoms with Crippen molar-refractivity contribution in [2.75, 3.05) is 26.2 Å². The van der Waals surface area contributed by atoms with Crippen molar-refractivity contribution in [3.63, 3.8) is 0 Å². The van der Waals surface area contributed by atoms with Gasteiger partial charge in [0.05, 0.1) is 0 Å². The first-order valence-corrected chi connectivity index (χ1v) is 8.62. The number of carbonyl (C=O) groups excluding carboxylic acids is 1. The Morgan fingerprint density at radius 2 is 1.50 bits per heavy atom. The Balaban J connectivity index is 1.54. The van der Waals surface area contributed by atoms with Gasteiger partial charge in [0.15, 0.2) is 0 Å². The fraction of sp³-hybridized carbons (Fsp3) is 0.300. The lowest BCUT2D eigenvalue weighted by atomic mass is 10.0. The van der Waals surface area contributed by atoms with E-state index in [9.17, 15) is 14.7 Å². The first-order chi connectivity index (χ1) is 12.6. The van der Waals surface area contributed by atoms with Crippen LogP contribution in [-0.2, 0) is 16.1 Å². The molecule has 1 N–H and O–H groups in total. The molecule has 1 amide bonds. The average molecular weight is 354 g/mol. The van der Waals surface area contributed by atoms with Gasteiger partial charge in [0.25, 0.3) is 0 Å². The highest BCUT2D eigenvalue weighted by Crippen LogP contribution is 2.22. The highest BCUT2D eigenvalue weighted by molar-refractivity contribution is 5.75. The maximum Gasteiger partial charge on any atom is 0.410 e. The zero-order valence-electron chi connectivity index (χ0n) is 14.5. The summed E-state index contributed by atoms with van der Waals surface area (Å²) in [5.74, 6) is -0.878. The number of hydrogen-bond acceptors (Lipinski definition) is 4. The van der Waals surface area contributed by atoms with Gasteiger partial charge in [0.1, 0.15) is 12.6 Å².